The van der Waals surface area contributed by atoms with Gasteiger partial charge in [0.05, 0.1) is 23.1 Å². The molecule has 3 heterocycles. The molecule has 0 unspecified atom stereocenters. The van der Waals surface area contributed by atoms with Gasteiger partial charge >= 0.3 is 0 Å². The highest BCUT2D eigenvalue weighted by molar-refractivity contribution is 7.14. The van der Waals surface area contributed by atoms with Crippen LogP contribution in [0.1, 0.15) is 16.1 Å². The van der Waals surface area contributed by atoms with E-state index < -0.39 is 0 Å². The van der Waals surface area contributed by atoms with Crippen LogP contribution >= 0.6 is 11.3 Å². The first-order chi connectivity index (χ1) is 14.2. The van der Waals surface area contributed by atoms with Gasteiger partial charge in [0.15, 0.2) is 5.65 Å². The molecule has 0 radical (unpaired) electrons. The molecule has 1 N–H and O–H groups in total. The van der Waals surface area contributed by atoms with Gasteiger partial charge in [0.2, 0.25) is 0 Å². The van der Waals surface area contributed by atoms with E-state index >= 15 is 0 Å². The molecule has 3 aromatic heterocycles. The number of rotatable bonds is 4. The van der Waals surface area contributed by atoms with Crippen LogP contribution in [0.5, 0.6) is 0 Å². The number of pyridine rings is 1. The molecule has 0 fully saturated rings. The minimum Gasteiger partial charge on any atom is -0.365 e. The monoisotopic (exact) mass is 396 g/mol. The van der Waals surface area contributed by atoms with Crippen LogP contribution in [0.2, 0.25) is 0 Å². The second-order valence-electron chi connectivity index (χ2n) is 6.68. The summed E-state index contributed by atoms with van der Waals surface area (Å²) < 4.78 is 2.00. The lowest BCUT2D eigenvalue weighted by Gasteiger charge is -2.11. The highest BCUT2D eigenvalue weighted by atomic mass is 32.1. The Labute approximate surface area is 171 Å². The quantitative estimate of drug-likeness (QED) is 0.472. The zero-order valence-electron chi connectivity index (χ0n) is 15.6. The lowest BCUT2D eigenvalue weighted by atomic mass is 10.1. The van der Waals surface area contributed by atoms with Gasteiger partial charge in [-0.15, -0.1) is 10.2 Å². The van der Waals surface area contributed by atoms with E-state index in [1.807, 2.05) is 72.0 Å². The summed E-state index contributed by atoms with van der Waals surface area (Å²) >= 11 is 1.57. The first kappa shape index (κ1) is 17.3. The van der Waals surface area contributed by atoms with Gasteiger partial charge in [0.25, 0.3) is 0 Å². The molecule has 140 valence electrons. The Morgan fingerprint density at radius 3 is 2.69 bits per heavy atom. The lowest BCUT2D eigenvalue weighted by Crippen LogP contribution is -2.06. The van der Waals surface area contributed by atoms with Crippen molar-refractivity contribution in [1.29, 1.82) is 5.26 Å². The normalized spacial score (nSPS) is 11.0. The molecule has 0 atom stereocenters. The van der Waals surface area contributed by atoms with Crippen LogP contribution in [0.3, 0.4) is 0 Å². The predicted molar refractivity (Wildman–Crippen MR) is 115 cm³/mol. The van der Waals surface area contributed by atoms with Gasteiger partial charge < -0.3 is 5.32 Å². The number of hydrogen-bond acceptors (Lipinski definition) is 6. The number of hydrogen-bond donors (Lipinski definition) is 1. The zero-order chi connectivity index (χ0) is 19.8. The number of para-hydroxylation sites is 2. The van der Waals surface area contributed by atoms with Crippen molar-refractivity contribution in [2.24, 2.45) is 0 Å². The molecule has 7 heteroatoms. The van der Waals surface area contributed by atoms with Crippen molar-refractivity contribution in [2.45, 2.75) is 13.5 Å². The third-order valence-electron chi connectivity index (χ3n) is 4.79. The van der Waals surface area contributed by atoms with Gasteiger partial charge in [-0.1, -0.05) is 53.8 Å². The Bertz CT molecular complexity index is 1380. The fourth-order valence-electron chi connectivity index (χ4n) is 3.41. The van der Waals surface area contributed by atoms with Gasteiger partial charge in [0, 0.05) is 5.56 Å². The number of fused-ring (bicyclic) bond motifs is 3. The molecule has 0 bridgehead atoms. The van der Waals surface area contributed by atoms with Crippen LogP contribution in [0.4, 0.5) is 5.82 Å². The largest absolute Gasteiger partial charge is 0.365 e. The molecular formula is C22H16N6S. The highest BCUT2D eigenvalue weighted by Crippen LogP contribution is 2.28. The minimum atomic E-state index is 0.539. The van der Waals surface area contributed by atoms with Crippen molar-refractivity contribution in [3.8, 4) is 16.6 Å². The van der Waals surface area contributed by atoms with Gasteiger partial charge in [-0.2, -0.15) is 5.26 Å². The van der Waals surface area contributed by atoms with Crippen molar-refractivity contribution in [2.75, 3.05) is 5.32 Å². The number of aryl methyl sites for hydroxylation is 1. The molecule has 0 saturated heterocycles. The molecular weight excluding hydrogens is 380 g/mol. The number of imidazole rings is 1. The summed E-state index contributed by atoms with van der Waals surface area (Å²) in [5.41, 5.74) is 5.03. The van der Waals surface area contributed by atoms with E-state index in [0.717, 1.165) is 38.0 Å². The average molecular weight is 396 g/mol. The first-order valence-corrected chi connectivity index (χ1v) is 9.99. The number of nitriles is 1. The summed E-state index contributed by atoms with van der Waals surface area (Å²) in [4.78, 5) is 4.68. The second kappa shape index (κ2) is 7.00. The number of nitrogens with zero attached hydrogens (tertiary/aromatic N) is 5. The second-order valence-corrected chi connectivity index (χ2v) is 7.74. The molecule has 0 saturated carbocycles. The van der Waals surface area contributed by atoms with Gasteiger partial charge in [-0.25, -0.2) is 4.98 Å². The minimum absolute atomic E-state index is 0.539. The van der Waals surface area contributed by atoms with Crippen LogP contribution in [-0.2, 0) is 6.54 Å². The number of anilines is 1. The van der Waals surface area contributed by atoms with Crippen LogP contribution in [0.25, 0.3) is 27.3 Å². The Morgan fingerprint density at radius 2 is 1.86 bits per heavy atom. The number of aromatic nitrogens is 4. The molecule has 5 aromatic rings. The molecule has 0 amide bonds. The van der Waals surface area contributed by atoms with Crippen molar-refractivity contribution in [3.63, 3.8) is 0 Å². The van der Waals surface area contributed by atoms with Gasteiger partial charge in [0.1, 0.15) is 21.9 Å². The summed E-state index contributed by atoms with van der Waals surface area (Å²) in [7, 11) is 0. The predicted octanol–water partition coefficient (Wildman–Crippen LogP) is 4.80. The van der Waals surface area contributed by atoms with Crippen LogP contribution < -0.4 is 5.32 Å². The smallest absolute Gasteiger partial charge is 0.157 e. The van der Waals surface area contributed by atoms with Crippen molar-refractivity contribution in [1.82, 2.24) is 19.6 Å². The van der Waals surface area contributed by atoms with E-state index in [1.165, 1.54) is 0 Å². The van der Waals surface area contributed by atoms with Gasteiger partial charge in [-0.3, -0.25) is 4.40 Å². The standard InChI is InChI=1S/C22H16N6S/c1-14-11-19(24-13-20-26-27-22(29-20)15-7-3-2-4-8-15)28-18-10-6-5-9-17(18)25-21(28)16(14)12-23/h2-11,24H,13H2,1H3. The van der Waals surface area contributed by atoms with Crippen molar-refractivity contribution >= 4 is 33.8 Å². The molecule has 5 rings (SSSR count). The average Bonchev–Trinajstić information content (AvgIpc) is 3.38. The summed E-state index contributed by atoms with van der Waals surface area (Å²) in [5.74, 6) is 0.877. The summed E-state index contributed by atoms with van der Waals surface area (Å²) in [6.45, 7) is 2.47. The molecule has 6 nitrogen and oxygen atoms in total. The van der Waals surface area contributed by atoms with E-state index in [0.29, 0.717) is 17.8 Å². The van der Waals surface area contributed by atoms with E-state index in [9.17, 15) is 5.26 Å². The molecule has 0 aliphatic heterocycles. The maximum absolute atomic E-state index is 9.61. The zero-order valence-corrected chi connectivity index (χ0v) is 16.4. The van der Waals surface area contributed by atoms with Gasteiger partial charge in [-0.05, 0) is 30.7 Å². The number of benzene rings is 2. The Kier molecular flexibility index (Phi) is 4.19. The van der Waals surface area contributed by atoms with E-state index in [-0.39, 0.29) is 0 Å². The topological polar surface area (TPSA) is 78.9 Å². The maximum Gasteiger partial charge on any atom is 0.157 e. The SMILES string of the molecule is Cc1cc(NCc2nnc(-c3ccccc3)s2)n2c(nc3ccccc32)c1C#N. The fourth-order valence-corrected chi connectivity index (χ4v) is 4.20. The van der Waals surface area contributed by atoms with Crippen LogP contribution in [0.15, 0.2) is 60.7 Å². The maximum atomic E-state index is 9.61. The Morgan fingerprint density at radius 1 is 1.07 bits per heavy atom. The van der Waals surface area contributed by atoms with Crippen molar-refractivity contribution < 1.29 is 0 Å². The van der Waals surface area contributed by atoms with E-state index in [1.54, 1.807) is 11.3 Å². The fraction of sp³-hybridized carbons (Fsp3) is 0.0909. The molecule has 0 aliphatic rings. The Hall–Kier alpha value is -3.76. The Balaban J connectivity index is 1.53. The molecule has 0 aliphatic carbocycles. The third kappa shape index (κ3) is 3.00. The van der Waals surface area contributed by atoms with Crippen molar-refractivity contribution in [3.05, 3.63) is 76.8 Å². The summed E-state index contributed by atoms with van der Waals surface area (Å²) in [6, 6.07) is 22.2. The number of nitrogens with one attached hydrogen (secondary N) is 1. The molecule has 0 spiro atoms. The lowest BCUT2D eigenvalue weighted by molar-refractivity contribution is 0.980. The highest BCUT2D eigenvalue weighted by Gasteiger charge is 2.15. The van der Waals surface area contributed by atoms with Crippen LogP contribution in [0, 0.1) is 18.3 Å². The first-order valence-electron chi connectivity index (χ1n) is 9.17. The van der Waals surface area contributed by atoms with E-state index in [4.69, 9.17) is 0 Å². The summed E-state index contributed by atoms with van der Waals surface area (Å²) in [6.07, 6.45) is 0. The molecule has 2 aromatic carbocycles. The summed E-state index contributed by atoms with van der Waals surface area (Å²) in [5, 5.41) is 23.5. The van der Waals surface area contributed by atoms with E-state index in [2.05, 4.69) is 26.6 Å². The molecule has 29 heavy (non-hydrogen) atoms. The van der Waals surface area contributed by atoms with Crippen LogP contribution in [-0.4, -0.2) is 19.6 Å². The third-order valence-corrected chi connectivity index (χ3v) is 5.77.